The number of hydrogen-bond acceptors (Lipinski definition) is 2. The number of hydrogen-bond donors (Lipinski definition) is 2. The van der Waals surface area contributed by atoms with E-state index in [-0.39, 0.29) is 11.9 Å². The van der Waals surface area contributed by atoms with Crippen LogP contribution in [0.15, 0.2) is 0 Å². The molecule has 2 N–H and O–H groups in total. The molecule has 0 aliphatic heterocycles. The maximum Gasteiger partial charge on any atom is 0.220 e. The minimum atomic E-state index is -0.403. The maximum absolute atomic E-state index is 12.4. The molecule has 0 aromatic heterocycles. The van der Waals surface area contributed by atoms with E-state index in [2.05, 4.69) is 33.0 Å². The molecule has 1 amide bonds. The van der Waals surface area contributed by atoms with E-state index in [1.807, 2.05) is 0 Å². The van der Waals surface area contributed by atoms with Gasteiger partial charge in [0, 0.05) is 6.42 Å². The average molecular weight is 552 g/mol. The lowest BCUT2D eigenvalue weighted by atomic mass is 9.96. The lowest BCUT2D eigenvalue weighted by Crippen LogP contribution is -2.42. The van der Waals surface area contributed by atoms with Crippen LogP contribution in [0.3, 0.4) is 0 Å². The Morgan fingerprint density at radius 3 is 1.31 bits per heavy atom. The molecular formula is C36H73NO2. The highest BCUT2D eigenvalue weighted by Gasteiger charge is 2.19. The summed E-state index contributed by atoms with van der Waals surface area (Å²) in [5.74, 6) is 1.03. The highest BCUT2D eigenvalue weighted by atomic mass is 16.3. The van der Waals surface area contributed by atoms with Gasteiger partial charge >= 0.3 is 0 Å². The first-order valence-corrected chi connectivity index (χ1v) is 18.0. The molecule has 0 saturated carbocycles. The lowest BCUT2D eigenvalue weighted by Gasteiger charge is -2.23. The summed E-state index contributed by atoms with van der Waals surface area (Å²) in [6.45, 7) is 9.07. The Balaban J connectivity index is 3.61. The van der Waals surface area contributed by atoms with Crippen molar-refractivity contribution in [2.45, 2.75) is 220 Å². The Morgan fingerprint density at radius 2 is 0.897 bits per heavy atom. The second kappa shape index (κ2) is 30.4. The zero-order valence-corrected chi connectivity index (χ0v) is 27.4. The van der Waals surface area contributed by atoms with E-state index in [1.165, 1.54) is 141 Å². The largest absolute Gasteiger partial charge is 0.391 e. The van der Waals surface area contributed by atoms with E-state index in [0.29, 0.717) is 6.42 Å². The molecule has 0 spiro atoms. The topological polar surface area (TPSA) is 49.3 Å². The zero-order valence-electron chi connectivity index (χ0n) is 27.4. The Kier molecular flexibility index (Phi) is 29.9. The van der Waals surface area contributed by atoms with Gasteiger partial charge in [-0.2, -0.15) is 0 Å². The molecule has 3 heteroatoms. The molecule has 0 rings (SSSR count). The first-order chi connectivity index (χ1) is 19.0. The first kappa shape index (κ1) is 38.4. The summed E-state index contributed by atoms with van der Waals surface area (Å²) < 4.78 is 0. The number of unbranched alkanes of at least 4 members (excludes halogenated alkanes) is 20. The molecule has 0 aromatic carbocycles. The maximum atomic E-state index is 12.4. The van der Waals surface area contributed by atoms with Crippen LogP contribution in [0.5, 0.6) is 0 Å². The molecule has 0 saturated heterocycles. The normalized spacial score (nSPS) is 13.9. The number of amides is 1. The third kappa shape index (κ3) is 27.4. The molecule has 0 radical (unpaired) electrons. The van der Waals surface area contributed by atoms with Gasteiger partial charge in [0.1, 0.15) is 0 Å². The third-order valence-electron chi connectivity index (χ3n) is 8.76. The van der Waals surface area contributed by atoms with Crippen LogP contribution in [0.25, 0.3) is 0 Å². The summed E-state index contributed by atoms with van der Waals surface area (Å²) in [6.07, 6.45) is 35.0. The fourth-order valence-electron chi connectivity index (χ4n) is 5.87. The minimum absolute atomic E-state index is 0.0844. The number of nitrogens with one attached hydrogen (secondary N) is 1. The number of aliphatic hydroxyl groups is 1. The Labute approximate surface area is 246 Å². The van der Waals surface area contributed by atoms with Crippen molar-refractivity contribution in [2.24, 2.45) is 5.92 Å². The predicted octanol–water partition coefficient (Wildman–Crippen LogP) is 11.5. The Hall–Kier alpha value is -0.570. The van der Waals surface area contributed by atoms with Gasteiger partial charge in [0.15, 0.2) is 0 Å². The lowest BCUT2D eigenvalue weighted by molar-refractivity contribution is -0.122. The second-order valence-corrected chi connectivity index (χ2v) is 12.8. The Morgan fingerprint density at radius 1 is 0.538 bits per heavy atom. The molecule has 39 heavy (non-hydrogen) atoms. The molecule has 3 atom stereocenters. The molecule has 3 unspecified atom stereocenters. The Bertz CT molecular complexity index is 494. The summed E-state index contributed by atoms with van der Waals surface area (Å²) in [5, 5.41) is 13.8. The van der Waals surface area contributed by atoms with Crippen molar-refractivity contribution in [2.75, 3.05) is 0 Å². The zero-order chi connectivity index (χ0) is 28.8. The summed E-state index contributed by atoms with van der Waals surface area (Å²) in [4.78, 5) is 12.4. The summed E-state index contributed by atoms with van der Waals surface area (Å²) >= 11 is 0. The van der Waals surface area contributed by atoms with Crippen LogP contribution in [0, 0.1) is 5.92 Å². The van der Waals surface area contributed by atoms with E-state index < -0.39 is 6.10 Å². The van der Waals surface area contributed by atoms with Crippen LogP contribution >= 0.6 is 0 Å². The van der Waals surface area contributed by atoms with Gasteiger partial charge in [0.2, 0.25) is 5.91 Å². The standard InChI is InChI=1S/C36H73NO2/c1-5-8-10-12-13-14-15-16-20-24-28-32-36(39)37-34(7-3)35(38)31-27-23-19-17-18-22-26-30-33(4)29-25-21-11-9-6-2/h33-35,38H,5-32H2,1-4H3,(H,37,39). The highest BCUT2D eigenvalue weighted by molar-refractivity contribution is 5.76. The van der Waals surface area contributed by atoms with Gasteiger partial charge in [-0.1, -0.05) is 182 Å². The van der Waals surface area contributed by atoms with Crippen molar-refractivity contribution >= 4 is 5.91 Å². The average Bonchev–Trinajstić information content (AvgIpc) is 2.93. The SMILES string of the molecule is CCCCCCCCCCCCCC(=O)NC(CC)C(O)CCCCCCCCCC(C)CCCCCCC. The van der Waals surface area contributed by atoms with E-state index in [1.54, 1.807) is 0 Å². The molecule has 0 aliphatic rings. The van der Waals surface area contributed by atoms with Crippen LogP contribution in [-0.2, 0) is 4.79 Å². The van der Waals surface area contributed by atoms with Crippen LogP contribution in [0.2, 0.25) is 0 Å². The van der Waals surface area contributed by atoms with Crippen molar-refractivity contribution in [1.29, 1.82) is 0 Å². The van der Waals surface area contributed by atoms with Gasteiger partial charge in [0.25, 0.3) is 0 Å². The molecule has 3 nitrogen and oxygen atoms in total. The highest BCUT2D eigenvalue weighted by Crippen LogP contribution is 2.19. The van der Waals surface area contributed by atoms with Crippen molar-refractivity contribution in [1.82, 2.24) is 5.32 Å². The van der Waals surface area contributed by atoms with Crippen LogP contribution in [0.1, 0.15) is 207 Å². The van der Waals surface area contributed by atoms with Gasteiger partial charge in [-0.25, -0.2) is 0 Å². The fraction of sp³-hybridized carbons (Fsp3) is 0.972. The third-order valence-corrected chi connectivity index (χ3v) is 8.76. The van der Waals surface area contributed by atoms with Crippen molar-refractivity contribution in [3.05, 3.63) is 0 Å². The van der Waals surface area contributed by atoms with Gasteiger partial charge in [-0.05, 0) is 25.2 Å². The smallest absolute Gasteiger partial charge is 0.220 e. The molecule has 0 aromatic rings. The summed E-state index contributed by atoms with van der Waals surface area (Å²) in [7, 11) is 0. The predicted molar refractivity (Wildman–Crippen MR) is 173 cm³/mol. The van der Waals surface area contributed by atoms with Crippen LogP contribution in [-0.4, -0.2) is 23.2 Å². The first-order valence-electron chi connectivity index (χ1n) is 18.0. The molecule has 234 valence electrons. The molecular weight excluding hydrogens is 478 g/mol. The van der Waals surface area contributed by atoms with Crippen molar-refractivity contribution in [3.63, 3.8) is 0 Å². The number of rotatable bonds is 31. The van der Waals surface area contributed by atoms with Crippen LogP contribution < -0.4 is 5.32 Å². The summed E-state index contributed by atoms with van der Waals surface area (Å²) in [5.41, 5.74) is 0. The second-order valence-electron chi connectivity index (χ2n) is 12.8. The van der Waals surface area contributed by atoms with E-state index in [9.17, 15) is 9.90 Å². The number of aliphatic hydroxyl groups excluding tert-OH is 1. The monoisotopic (exact) mass is 552 g/mol. The van der Waals surface area contributed by atoms with E-state index in [0.717, 1.165) is 38.0 Å². The molecule has 0 aliphatic carbocycles. The number of carbonyl (C=O) groups is 1. The van der Waals surface area contributed by atoms with Crippen LogP contribution in [0.4, 0.5) is 0 Å². The van der Waals surface area contributed by atoms with Crippen molar-refractivity contribution < 1.29 is 9.90 Å². The van der Waals surface area contributed by atoms with Crippen molar-refractivity contribution in [3.8, 4) is 0 Å². The minimum Gasteiger partial charge on any atom is -0.391 e. The van der Waals surface area contributed by atoms with Gasteiger partial charge in [-0.15, -0.1) is 0 Å². The summed E-state index contributed by atoms with van der Waals surface area (Å²) in [6, 6.07) is -0.0844. The molecule has 0 bridgehead atoms. The van der Waals surface area contributed by atoms with E-state index >= 15 is 0 Å². The van der Waals surface area contributed by atoms with E-state index in [4.69, 9.17) is 0 Å². The fourth-order valence-corrected chi connectivity index (χ4v) is 5.87. The molecule has 0 fully saturated rings. The quantitative estimate of drug-likeness (QED) is 0.0842. The molecule has 0 heterocycles. The van der Waals surface area contributed by atoms with Gasteiger partial charge in [0.05, 0.1) is 12.1 Å². The number of carbonyl (C=O) groups excluding carboxylic acids is 1. The van der Waals surface area contributed by atoms with Gasteiger partial charge in [-0.3, -0.25) is 4.79 Å². The van der Waals surface area contributed by atoms with Gasteiger partial charge < -0.3 is 10.4 Å².